The van der Waals surface area contributed by atoms with Crippen LogP contribution in [0.5, 0.6) is 0 Å². The number of nitrogens with zero attached hydrogens (tertiary/aromatic N) is 2. The summed E-state index contributed by atoms with van der Waals surface area (Å²) >= 11 is 0. The van der Waals surface area contributed by atoms with Crippen molar-refractivity contribution < 1.29 is 19.1 Å². The number of rotatable bonds is 11. The van der Waals surface area contributed by atoms with Crippen LogP contribution in [0.4, 0.5) is 0 Å². The molecule has 0 unspecified atom stereocenters. The number of amides is 1. The van der Waals surface area contributed by atoms with Crippen molar-refractivity contribution in [3.63, 3.8) is 0 Å². The molecule has 0 aliphatic heterocycles. The van der Waals surface area contributed by atoms with Gasteiger partial charge in [0.1, 0.15) is 0 Å². The van der Waals surface area contributed by atoms with Crippen molar-refractivity contribution in [3.05, 3.63) is 59.4 Å². The highest BCUT2D eigenvalue weighted by atomic mass is 16.5. The minimum absolute atomic E-state index is 0.0755. The second kappa shape index (κ2) is 11.3. The Hall–Kier alpha value is -2.60. The second-order valence-corrected chi connectivity index (χ2v) is 6.73. The number of hydrogen-bond acceptors (Lipinski definition) is 4. The molecule has 0 saturated carbocycles. The zero-order valence-electron chi connectivity index (χ0n) is 17.0. The molecule has 0 atom stereocenters. The van der Waals surface area contributed by atoms with Gasteiger partial charge < -0.3 is 18.9 Å². The van der Waals surface area contributed by atoms with E-state index < -0.39 is 0 Å². The van der Waals surface area contributed by atoms with E-state index in [1.54, 1.807) is 18.9 Å². The van der Waals surface area contributed by atoms with Gasteiger partial charge in [-0.1, -0.05) is 29.8 Å². The third kappa shape index (κ3) is 6.85. The van der Waals surface area contributed by atoms with E-state index in [0.717, 1.165) is 12.2 Å². The molecule has 1 amide bonds. The van der Waals surface area contributed by atoms with Gasteiger partial charge in [0.05, 0.1) is 26.2 Å². The van der Waals surface area contributed by atoms with Crippen LogP contribution in [0.1, 0.15) is 36.6 Å². The van der Waals surface area contributed by atoms with Crippen LogP contribution in [0.25, 0.3) is 0 Å². The molecule has 0 radical (unpaired) electrons. The molecule has 0 saturated heterocycles. The summed E-state index contributed by atoms with van der Waals surface area (Å²) in [4.78, 5) is 26.0. The van der Waals surface area contributed by atoms with E-state index in [1.165, 1.54) is 11.1 Å². The van der Waals surface area contributed by atoms with Gasteiger partial charge in [0.25, 0.3) is 0 Å². The first-order valence-corrected chi connectivity index (χ1v) is 9.65. The van der Waals surface area contributed by atoms with Crippen LogP contribution in [-0.4, -0.2) is 48.2 Å². The van der Waals surface area contributed by atoms with Crippen LogP contribution in [0.15, 0.2) is 42.6 Å². The summed E-state index contributed by atoms with van der Waals surface area (Å²) in [6.45, 7) is 6.31. The first-order chi connectivity index (χ1) is 13.5. The second-order valence-electron chi connectivity index (χ2n) is 6.73. The third-order valence-corrected chi connectivity index (χ3v) is 4.48. The minimum Gasteiger partial charge on any atom is -0.466 e. The Bertz CT molecular complexity index is 769. The van der Waals surface area contributed by atoms with Crippen LogP contribution in [-0.2, 0) is 32.2 Å². The number of ether oxygens (including phenoxy) is 2. The van der Waals surface area contributed by atoms with Gasteiger partial charge in [-0.15, -0.1) is 0 Å². The van der Waals surface area contributed by atoms with Gasteiger partial charge in [-0.05, 0) is 31.5 Å². The van der Waals surface area contributed by atoms with Gasteiger partial charge >= 0.3 is 5.97 Å². The minimum atomic E-state index is -0.342. The summed E-state index contributed by atoms with van der Waals surface area (Å²) in [6.07, 6.45) is 2.26. The lowest BCUT2D eigenvalue weighted by Gasteiger charge is -2.23. The molecule has 0 aliphatic carbocycles. The standard InChI is InChI=1S/C22H30N2O4/c1-4-28-22(26)11-10-21(25)24(13-14-27-3)17-20-9-6-12-23(20)16-19-8-5-7-18(2)15-19/h5-9,12,15H,4,10-11,13-14,16-17H2,1-3H3. The Morgan fingerprint density at radius 3 is 2.68 bits per heavy atom. The summed E-state index contributed by atoms with van der Waals surface area (Å²) in [5.41, 5.74) is 3.48. The Labute approximate surface area is 167 Å². The summed E-state index contributed by atoms with van der Waals surface area (Å²) in [5.74, 6) is -0.418. The predicted octanol–water partition coefficient (Wildman–Crippen LogP) is 3.16. The Morgan fingerprint density at radius 2 is 1.96 bits per heavy atom. The van der Waals surface area contributed by atoms with Crippen LogP contribution in [0.2, 0.25) is 0 Å². The van der Waals surface area contributed by atoms with E-state index in [4.69, 9.17) is 9.47 Å². The van der Waals surface area contributed by atoms with Crippen LogP contribution >= 0.6 is 0 Å². The molecule has 2 rings (SSSR count). The molecule has 0 fully saturated rings. The molecule has 1 aromatic carbocycles. The fourth-order valence-corrected chi connectivity index (χ4v) is 3.04. The van der Waals surface area contributed by atoms with E-state index in [1.807, 2.05) is 18.3 Å². The van der Waals surface area contributed by atoms with Crippen molar-refractivity contribution in [2.24, 2.45) is 0 Å². The normalized spacial score (nSPS) is 10.7. The average Bonchev–Trinajstić information content (AvgIpc) is 3.10. The molecule has 0 N–H and O–H groups in total. The number of aromatic nitrogens is 1. The number of carbonyl (C=O) groups is 2. The molecular weight excluding hydrogens is 356 g/mol. The maximum absolute atomic E-state index is 12.7. The lowest BCUT2D eigenvalue weighted by Crippen LogP contribution is -2.34. The summed E-state index contributed by atoms with van der Waals surface area (Å²) < 4.78 is 12.2. The molecule has 6 heteroatoms. The van der Waals surface area contributed by atoms with Crippen molar-refractivity contribution >= 4 is 11.9 Å². The van der Waals surface area contributed by atoms with Gasteiger partial charge in [-0.25, -0.2) is 0 Å². The van der Waals surface area contributed by atoms with Crippen LogP contribution in [0.3, 0.4) is 0 Å². The Kier molecular flexibility index (Phi) is 8.75. The Morgan fingerprint density at radius 1 is 1.14 bits per heavy atom. The fourth-order valence-electron chi connectivity index (χ4n) is 3.04. The monoisotopic (exact) mass is 386 g/mol. The van der Waals surface area contributed by atoms with Crippen molar-refractivity contribution in [1.82, 2.24) is 9.47 Å². The topological polar surface area (TPSA) is 60.8 Å². The highest BCUT2D eigenvalue weighted by Gasteiger charge is 2.17. The lowest BCUT2D eigenvalue weighted by atomic mass is 10.1. The van der Waals surface area contributed by atoms with E-state index in [0.29, 0.717) is 26.3 Å². The van der Waals surface area contributed by atoms with Gasteiger partial charge in [-0.3, -0.25) is 9.59 Å². The smallest absolute Gasteiger partial charge is 0.306 e. The maximum Gasteiger partial charge on any atom is 0.306 e. The molecule has 0 aliphatic rings. The predicted molar refractivity (Wildman–Crippen MR) is 108 cm³/mol. The summed E-state index contributed by atoms with van der Waals surface area (Å²) in [5, 5.41) is 0. The third-order valence-electron chi connectivity index (χ3n) is 4.48. The van der Waals surface area contributed by atoms with Crippen LogP contribution in [0, 0.1) is 6.92 Å². The van der Waals surface area contributed by atoms with Crippen LogP contribution < -0.4 is 0 Å². The quantitative estimate of drug-likeness (QED) is 0.557. The summed E-state index contributed by atoms with van der Waals surface area (Å²) in [7, 11) is 1.61. The number of methoxy groups -OCH3 is 1. The van der Waals surface area contributed by atoms with Crippen molar-refractivity contribution in [1.29, 1.82) is 0 Å². The fraction of sp³-hybridized carbons (Fsp3) is 0.455. The number of carbonyl (C=O) groups excluding carboxylic acids is 2. The van der Waals surface area contributed by atoms with Crippen molar-refractivity contribution in [2.45, 2.75) is 39.8 Å². The molecule has 1 heterocycles. The van der Waals surface area contributed by atoms with E-state index in [9.17, 15) is 9.59 Å². The maximum atomic E-state index is 12.7. The SMILES string of the molecule is CCOC(=O)CCC(=O)N(CCOC)Cc1cccn1Cc1cccc(C)c1. The molecule has 152 valence electrons. The summed E-state index contributed by atoms with van der Waals surface area (Å²) in [6, 6.07) is 12.4. The van der Waals surface area contributed by atoms with E-state index in [2.05, 4.69) is 35.8 Å². The van der Waals surface area contributed by atoms with Crippen molar-refractivity contribution in [3.8, 4) is 0 Å². The van der Waals surface area contributed by atoms with Gasteiger partial charge in [0.2, 0.25) is 5.91 Å². The zero-order valence-corrected chi connectivity index (χ0v) is 17.0. The molecule has 0 bridgehead atoms. The van der Waals surface area contributed by atoms with Gasteiger partial charge in [0, 0.05) is 38.5 Å². The van der Waals surface area contributed by atoms with Crippen molar-refractivity contribution in [2.75, 3.05) is 26.9 Å². The largest absolute Gasteiger partial charge is 0.466 e. The molecular formula is C22H30N2O4. The molecule has 28 heavy (non-hydrogen) atoms. The van der Waals surface area contributed by atoms with E-state index >= 15 is 0 Å². The lowest BCUT2D eigenvalue weighted by molar-refractivity contribution is -0.146. The van der Waals surface area contributed by atoms with E-state index in [-0.39, 0.29) is 24.7 Å². The van der Waals surface area contributed by atoms with Gasteiger partial charge in [0.15, 0.2) is 0 Å². The number of esters is 1. The highest BCUT2D eigenvalue weighted by Crippen LogP contribution is 2.13. The number of benzene rings is 1. The number of aryl methyl sites for hydroxylation is 1. The molecule has 2 aromatic rings. The Balaban J connectivity index is 2.04. The number of hydrogen-bond donors (Lipinski definition) is 0. The van der Waals surface area contributed by atoms with Gasteiger partial charge in [-0.2, -0.15) is 0 Å². The average molecular weight is 386 g/mol. The first-order valence-electron chi connectivity index (χ1n) is 9.65. The highest BCUT2D eigenvalue weighted by molar-refractivity contribution is 5.81. The zero-order chi connectivity index (χ0) is 20.4. The molecule has 1 aromatic heterocycles. The molecule has 6 nitrogen and oxygen atoms in total. The molecule has 0 spiro atoms. The first kappa shape index (κ1) is 21.7.